The van der Waals surface area contributed by atoms with E-state index in [0.717, 1.165) is 13.1 Å². The minimum absolute atomic E-state index is 0.0400. The highest BCUT2D eigenvalue weighted by Crippen LogP contribution is 2.39. The van der Waals surface area contributed by atoms with Crippen LogP contribution in [0.15, 0.2) is 0 Å². The van der Waals surface area contributed by atoms with E-state index in [1.165, 1.54) is 0 Å². The van der Waals surface area contributed by atoms with Gasteiger partial charge in [-0.1, -0.05) is 0 Å². The van der Waals surface area contributed by atoms with Crippen molar-refractivity contribution in [3.8, 4) is 0 Å². The molecule has 20 heavy (non-hydrogen) atoms. The fraction of sp³-hybridized carbons (Fsp3) is 1.00. The van der Waals surface area contributed by atoms with Gasteiger partial charge in [-0.25, -0.2) is 0 Å². The quantitative estimate of drug-likeness (QED) is 0.664. The molecule has 2 rings (SSSR count). The lowest BCUT2D eigenvalue weighted by Gasteiger charge is -2.50. The first-order valence-electron chi connectivity index (χ1n) is 6.14. The fourth-order valence-corrected chi connectivity index (χ4v) is 2.12. The van der Waals surface area contributed by atoms with E-state index in [4.69, 9.17) is 23.5 Å². The molecular formula is C11H23NO7S. The highest BCUT2D eigenvalue weighted by atomic mass is 32.2. The third-order valence-corrected chi connectivity index (χ3v) is 3.46. The van der Waals surface area contributed by atoms with E-state index in [0.29, 0.717) is 6.26 Å². The van der Waals surface area contributed by atoms with Crippen LogP contribution in [0.3, 0.4) is 0 Å². The molecule has 0 spiro atoms. The molecule has 0 amide bonds. The second-order valence-corrected chi connectivity index (χ2v) is 6.47. The lowest BCUT2D eigenvalue weighted by atomic mass is 10.1. The summed E-state index contributed by atoms with van der Waals surface area (Å²) in [5.74, 6) is -1.73. The van der Waals surface area contributed by atoms with Gasteiger partial charge in [-0.2, -0.15) is 8.42 Å². The van der Waals surface area contributed by atoms with Crippen molar-refractivity contribution >= 4 is 10.1 Å². The molecule has 0 bridgehead atoms. The van der Waals surface area contributed by atoms with Gasteiger partial charge in [-0.15, -0.1) is 0 Å². The van der Waals surface area contributed by atoms with Gasteiger partial charge in [0.1, 0.15) is 12.2 Å². The zero-order chi connectivity index (χ0) is 15.6. The van der Waals surface area contributed by atoms with Crippen LogP contribution in [0, 0.1) is 0 Å². The van der Waals surface area contributed by atoms with Gasteiger partial charge in [0.05, 0.1) is 6.26 Å². The maximum absolute atomic E-state index is 9.19. The standard InChI is InChI=1S/C10H19NO4.CH4O3S/c1-9(12-3)10(2,13-4)15-8-6-11-5-7(8)14-9;1-5(2,3)4/h7-8,11H,5-6H2,1-4H3;1H3,(H,2,3,4)/t7-,8-,9+,10+;/m0./s1. The van der Waals surface area contributed by atoms with Crippen LogP contribution < -0.4 is 5.32 Å². The smallest absolute Gasteiger partial charge is 0.261 e. The first kappa shape index (κ1) is 17.8. The first-order valence-corrected chi connectivity index (χ1v) is 7.98. The number of hydrogen-bond donors (Lipinski definition) is 2. The van der Waals surface area contributed by atoms with E-state index in [-0.39, 0.29) is 12.2 Å². The van der Waals surface area contributed by atoms with Gasteiger partial charge in [0.25, 0.3) is 10.1 Å². The van der Waals surface area contributed by atoms with Crippen molar-refractivity contribution in [3.05, 3.63) is 0 Å². The van der Waals surface area contributed by atoms with Gasteiger partial charge < -0.3 is 24.3 Å². The van der Waals surface area contributed by atoms with Gasteiger partial charge >= 0.3 is 0 Å². The molecule has 4 atom stereocenters. The summed E-state index contributed by atoms with van der Waals surface area (Å²) in [6.07, 6.45) is 0.795. The highest BCUT2D eigenvalue weighted by Gasteiger charge is 2.57. The highest BCUT2D eigenvalue weighted by molar-refractivity contribution is 7.85. The third-order valence-electron chi connectivity index (χ3n) is 3.46. The Morgan fingerprint density at radius 3 is 1.65 bits per heavy atom. The molecule has 2 N–H and O–H groups in total. The minimum atomic E-state index is -3.67. The average Bonchev–Trinajstić information content (AvgIpc) is 2.74. The number of nitrogens with one attached hydrogen (secondary N) is 1. The molecule has 0 unspecified atom stereocenters. The van der Waals surface area contributed by atoms with Crippen molar-refractivity contribution < 1.29 is 31.9 Å². The second-order valence-electron chi connectivity index (χ2n) is 5.00. The number of methoxy groups -OCH3 is 2. The Labute approximate surface area is 119 Å². The third kappa shape index (κ3) is 4.10. The lowest BCUT2D eigenvalue weighted by Crippen LogP contribution is -2.64. The van der Waals surface area contributed by atoms with Gasteiger partial charge in [0.2, 0.25) is 11.6 Å². The van der Waals surface area contributed by atoms with E-state index in [9.17, 15) is 8.42 Å². The van der Waals surface area contributed by atoms with E-state index in [1.807, 2.05) is 13.8 Å². The number of fused-ring (bicyclic) bond motifs is 1. The van der Waals surface area contributed by atoms with E-state index >= 15 is 0 Å². The van der Waals surface area contributed by atoms with Crippen LogP contribution in [0.1, 0.15) is 13.8 Å². The fourth-order valence-electron chi connectivity index (χ4n) is 2.12. The molecule has 9 heteroatoms. The zero-order valence-electron chi connectivity index (χ0n) is 12.4. The molecule has 120 valence electrons. The summed E-state index contributed by atoms with van der Waals surface area (Å²) in [6, 6.07) is 0. The normalized spacial score (nSPS) is 40.7. The van der Waals surface area contributed by atoms with Crippen molar-refractivity contribution in [2.45, 2.75) is 37.6 Å². The van der Waals surface area contributed by atoms with E-state index < -0.39 is 21.7 Å². The Balaban J connectivity index is 0.000000347. The van der Waals surface area contributed by atoms with Gasteiger partial charge in [-0.3, -0.25) is 4.55 Å². The summed E-state index contributed by atoms with van der Waals surface area (Å²) in [5, 5.41) is 3.23. The zero-order valence-corrected chi connectivity index (χ0v) is 13.2. The van der Waals surface area contributed by atoms with Crippen LogP contribution in [0.4, 0.5) is 0 Å². The predicted octanol–water partition coefficient (Wildman–Crippen LogP) is -0.397. The van der Waals surface area contributed by atoms with E-state index in [1.54, 1.807) is 14.2 Å². The van der Waals surface area contributed by atoms with Gasteiger partial charge in [-0.05, 0) is 13.8 Å². The van der Waals surface area contributed by atoms with Crippen molar-refractivity contribution in [2.75, 3.05) is 33.6 Å². The van der Waals surface area contributed by atoms with E-state index in [2.05, 4.69) is 5.32 Å². The van der Waals surface area contributed by atoms with Crippen LogP contribution in [0.2, 0.25) is 0 Å². The molecule has 8 nitrogen and oxygen atoms in total. The minimum Gasteiger partial charge on any atom is -0.349 e. The van der Waals surface area contributed by atoms with Crippen LogP contribution >= 0.6 is 0 Å². The largest absolute Gasteiger partial charge is 0.349 e. The van der Waals surface area contributed by atoms with Crippen molar-refractivity contribution in [2.24, 2.45) is 0 Å². The summed E-state index contributed by atoms with van der Waals surface area (Å²) in [6.45, 7) is 5.27. The number of ether oxygens (including phenoxy) is 4. The Morgan fingerprint density at radius 1 is 1.10 bits per heavy atom. The lowest BCUT2D eigenvalue weighted by molar-refractivity contribution is -0.441. The number of rotatable bonds is 2. The maximum atomic E-state index is 9.19. The van der Waals surface area contributed by atoms with Crippen LogP contribution in [0.5, 0.6) is 0 Å². The predicted molar refractivity (Wildman–Crippen MR) is 70.9 cm³/mol. The molecule has 0 aromatic rings. The van der Waals surface area contributed by atoms with Crippen LogP contribution in [-0.4, -0.2) is 70.3 Å². The Kier molecular flexibility index (Phi) is 5.53. The number of hydrogen-bond acceptors (Lipinski definition) is 7. The van der Waals surface area contributed by atoms with Crippen molar-refractivity contribution in [1.82, 2.24) is 5.32 Å². The summed E-state index contributed by atoms with van der Waals surface area (Å²) in [5.41, 5.74) is 0. The first-order chi connectivity index (χ1) is 9.04. The summed E-state index contributed by atoms with van der Waals surface area (Å²) < 4.78 is 48.5. The Morgan fingerprint density at radius 2 is 1.40 bits per heavy atom. The van der Waals surface area contributed by atoms with Gasteiger partial charge in [0, 0.05) is 27.3 Å². The van der Waals surface area contributed by atoms with Crippen molar-refractivity contribution in [1.29, 1.82) is 0 Å². The molecule has 2 heterocycles. The molecule has 2 aliphatic heterocycles. The molecule has 2 fully saturated rings. The average molecular weight is 313 g/mol. The molecule has 0 aromatic carbocycles. The topological polar surface area (TPSA) is 103 Å². The van der Waals surface area contributed by atoms with Crippen LogP contribution in [-0.2, 0) is 29.1 Å². The molecule has 0 saturated carbocycles. The molecule has 0 radical (unpaired) electrons. The second kappa shape index (κ2) is 6.22. The molecule has 2 saturated heterocycles. The molecular weight excluding hydrogens is 290 g/mol. The maximum Gasteiger partial charge on any atom is 0.261 e. The SMILES string of the molecule is CO[C@]1(C)O[C@H]2CNC[C@@H]2O[C@@]1(C)OC.CS(=O)(=O)O. The summed E-state index contributed by atoms with van der Waals surface area (Å²) in [7, 11) is -0.466. The van der Waals surface area contributed by atoms with Crippen LogP contribution in [0.25, 0.3) is 0 Å². The Bertz CT molecular complexity index is 396. The van der Waals surface area contributed by atoms with Crippen molar-refractivity contribution in [3.63, 3.8) is 0 Å². The molecule has 2 aliphatic rings. The Hall–Kier alpha value is -0.290. The molecule has 0 aliphatic carbocycles. The molecule has 0 aromatic heterocycles. The monoisotopic (exact) mass is 313 g/mol. The summed E-state index contributed by atoms with van der Waals surface area (Å²) in [4.78, 5) is 0. The summed E-state index contributed by atoms with van der Waals surface area (Å²) >= 11 is 0. The van der Waals surface area contributed by atoms with Gasteiger partial charge in [0.15, 0.2) is 0 Å².